The molecular formula is C33H33NO3. The first kappa shape index (κ1) is 24.0. The Labute approximate surface area is 218 Å². The third-order valence-electron chi connectivity index (χ3n) is 8.97. The molecule has 4 nitrogen and oxygen atoms in total. The molecule has 3 aliphatic heterocycles. The van der Waals surface area contributed by atoms with Gasteiger partial charge in [-0.3, -0.25) is 19.3 Å². The predicted octanol–water partition coefficient (Wildman–Crippen LogP) is 4.65. The lowest BCUT2D eigenvalue weighted by molar-refractivity contribution is -0.192. The van der Waals surface area contributed by atoms with Crippen molar-refractivity contribution in [2.45, 2.75) is 40.0 Å². The van der Waals surface area contributed by atoms with E-state index in [0.717, 1.165) is 33.4 Å². The first-order chi connectivity index (χ1) is 17.7. The highest BCUT2D eigenvalue weighted by Gasteiger charge is 2.77. The summed E-state index contributed by atoms with van der Waals surface area (Å²) in [5.41, 5.74) is 2.73. The Morgan fingerprint density at radius 1 is 0.486 bits per heavy atom. The Morgan fingerprint density at radius 3 is 0.973 bits per heavy atom. The average Bonchev–Trinajstić information content (AvgIpc) is 2.88. The molecule has 4 bridgehead atoms. The van der Waals surface area contributed by atoms with Crippen LogP contribution in [0.25, 0.3) is 0 Å². The second kappa shape index (κ2) is 8.32. The number of carbonyl (C=O) groups is 3. The molecule has 188 valence electrons. The Morgan fingerprint density at radius 2 is 0.730 bits per heavy atom. The van der Waals surface area contributed by atoms with Crippen LogP contribution < -0.4 is 0 Å². The SMILES string of the molecule is Cc1ccc(CC23CN4CC(Cc5ccc(C)cc5)(C2=O)C(=O)C(Cc2ccc(C)cc2)(C4)C3=O)cc1. The molecule has 3 aromatic rings. The van der Waals surface area contributed by atoms with E-state index >= 15 is 0 Å². The van der Waals surface area contributed by atoms with Crippen molar-refractivity contribution in [3.63, 3.8) is 0 Å². The Hall–Kier alpha value is -3.37. The van der Waals surface area contributed by atoms with Crippen molar-refractivity contribution in [1.82, 2.24) is 4.90 Å². The minimum absolute atomic E-state index is 0.161. The summed E-state index contributed by atoms with van der Waals surface area (Å²) in [5.74, 6) is -0.482. The molecule has 1 aliphatic carbocycles. The number of carbonyl (C=O) groups excluding carboxylic acids is 3. The maximum Gasteiger partial charge on any atom is 0.163 e. The van der Waals surface area contributed by atoms with Crippen LogP contribution in [0.5, 0.6) is 0 Å². The number of nitrogens with zero attached hydrogens (tertiary/aromatic N) is 1. The van der Waals surface area contributed by atoms with Crippen molar-refractivity contribution in [1.29, 1.82) is 0 Å². The number of piperidine rings is 3. The number of Topliss-reactive ketones (excluding diaryl/α,β-unsaturated/α-hetero) is 3. The van der Waals surface area contributed by atoms with E-state index in [2.05, 4.69) is 4.90 Å². The summed E-state index contributed by atoms with van der Waals surface area (Å²) in [7, 11) is 0. The fourth-order valence-corrected chi connectivity index (χ4v) is 7.24. The van der Waals surface area contributed by atoms with Crippen LogP contribution in [0.3, 0.4) is 0 Å². The van der Waals surface area contributed by atoms with E-state index in [4.69, 9.17) is 0 Å². The lowest BCUT2D eigenvalue weighted by Crippen LogP contribution is -2.82. The van der Waals surface area contributed by atoms with E-state index in [1.807, 2.05) is 93.6 Å². The standard InChI is InChI=1S/C33H33NO3/c1-22-4-10-25(11-5-22)16-31-19-34-20-32(28(31)35,17-26-12-6-23(2)7-13-26)30(37)33(21-34,29(31)36)18-27-14-8-24(3)9-15-27/h4-15H,16-21H2,1-3H3. The summed E-state index contributed by atoms with van der Waals surface area (Å²) in [6.45, 7) is 7.29. The van der Waals surface area contributed by atoms with Crippen LogP contribution in [0.4, 0.5) is 0 Å². The third-order valence-corrected chi connectivity index (χ3v) is 8.97. The maximum atomic E-state index is 14.6. The second-order valence-corrected chi connectivity index (χ2v) is 11.9. The molecule has 0 radical (unpaired) electrons. The van der Waals surface area contributed by atoms with Gasteiger partial charge in [0.2, 0.25) is 0 Å². The molecule has 1 saturated carbocycles. The van der Waals surface area contributed by atoms with E-state index in [9.17, 15) is 14.4 Å². The summed E-state index contributed by atoms with van der Waals surface area (Å²) in [5, 5.41) is 0. The lowest BCUT2D eigenvalue weighted by atomic mass is 9.42. The van der Waals surface area contributed by atoms with Gasteiger partial charge in [-0.15, -0.1) is 0 Å². The normalized spacial score (nSPS) is 30.2. The van der Waals surface area contributed by atoms with E-state index in [-0.39, 0.29) is 17.3 Å². The zero-order valence-corrected chi connectivity index (χ0v) is 21.8. The third kappa shape index (κ3) is 3.57. The minimum Gasteiger partial charge on any atom is -0.299 e. The van der Waals surface area contributed by atoms with Crippen molar-refractivity contribution in [3.05, 3.63) is 106 Å². The van der Waals surface area contributed by atoms with Gasteiger partial charge >= 0.3 is 0 Å². The van der Waals surface area contributed by atoms with Crippen LogP contribution in [0, 0.1) is 37.0 Å². The van der Waals surface area contributed by atoms with Gasteiger partial charge in [-0.25, -0.2) is 0 Å². The van der Waals surface area contributed by atoms with Gasteiger partial charge in [0, 0.05) is 19.6 Å². The van der Waals surface area contributed by atoms with E-state index in [0.29, 0.717) is 38.9 Å². The summed E-state index contributed by atoms with van der Waals surface area (Å²) < 4.78 is 0. The summed E-state index contributed by atoms with van der Waals surface area (Å²) in [4.78, 5) is 45.9. The molecule has 3 saturated heterocycles. The molecule has 0 unspecified atom stereocenters. The summed E-state index contributed by atoms with van der Waals surface area (Å²) >= 11 is 0. The summed E-state index contributed by atoms with van der Waals surface area (Å²) in [6.07, 6.45) is 1.04. The topological polar surface area (TPSA) is 54.5 Å². The fourth-order valence-electron chi connectivity index (χ4n) is 7.24. The van der Waals surface area contributed by atoms with Gasteiger partial charge in [0.05, 0.1) is 0 Å². The Balaban J connectivity index is 1.49. The molecule has 3 aromatic carbocycles. The molecule has 4 aliphatic rings. The van der Waals surface area contributed by atoms with Gasteiger partial charge in [-0.05, 0) is 56.7 Å². The molecule has 4 fully saturated rings. The van der Waals surface area contributed by atoms with Crippen LogP contribution in [0.2, 0.25) is 0 Å². The smallest absolute Gasteiger partial charge is 0.163 e. The van der Waals surface area contributed by atoms with Crippen molar-refractivity contribution in [2.24, 2.45) is 16.2 Å². The Kier molecular flexibility index (Phi) is 5.40. The molecule has 4 heteroatoms. The van der Waals surface area contributed by atoms with Gasteiger partial charge in [-0.2, -0.15) is 0 Å². The highest BCUT2D eigenvalue weighted by molar-refractivity contribution is 6.33. The van der Waals surface area contributed by atoms with Crippen LogP contribution in [-0.2, 0) is 33.6 Å². The first-order valence-electron chi connectivity index (χ1n) is 13.2. The van der Waals surface area contributed by atoms with Crippen molar-refractivity contribution in [3.8, 4) is 0 Å². The highest BCUT2D eigenvalue weighted by atomic mass is 16.2. The fraction of sp³-hybridized carbons (Fsp3) is 0.364. The second-order valence-electron chi connectivity index (χ2n) is 11.9. The van der Waals surface area contributed by atoms with Gasteiger partial charge in [-0.1, -0.05) is 89.5 Å². The molecule has 37 heavy (non-hydrogen) atoms. The average molecular weight is 492 g/mol. The molecule has 0 N–H and O–H groups in total. The number of aryl methyl sites for hydroxylation is 3. The largest absolute Gasteiger partial charge is 0.299 e. The molecule has 3 heterocycles. The summed E-state index contributed by atoms with van der Waals surface area (Å²) in [6, 6.07) is 24.3. The molecule has 7 rings (SSSR count). The molecule has 0 atom stereocenters. The number of ketones is 3. The van der Waals surface area contributed by atoms with Gasteiger partial charge in [0.25, 0.3) is 0 Å². The van der Waals surface area contributed by atoms with Crippen LogP contribution in [-0.4, -0.2) is 41.9 Å². The zero-order valence-electron chi connectivity index (χ0n) is 21.8. The lowest BCUT2D eigenvalue weighted by Gasteiger charge is -2.64. The highest BCUT2D eigenvalue weighted by Crippen LogP contribution is 2.58. The van der Waals surface area contributed by atoms with E-state index < -0.39 is 16.2 Å². The van der Waals surface area contributed by atoms with Gasteiger partial charge < -0.3 is 0 Å². The predicted molar refractivity (Wildman–Crippen MR) is 143 cm³/mol. The van der Waals surface area contributed by atoms with Crippen LogP contribution >= 0.6 is 0 Å². The molecular weight excluding hydrogens is 458 g/mol. The van der Waals surface area contributed by atoms with Gasteiger partial charge in [0.1, 0.15) is 16.2 Å². The maximum absolute atomic E-state index is 14.6. The number of hydrogen-bond donors (Lipinski definition) is 0. The van der Waals surface area contributed by atoms with Crippen LogP contribution in [0.15, 0.2) is 72.8 Å². The van der Waals surface area contributed by atoms with Crippen molar-refractivity contribution in [2.75, 3.05) is 19.6 Å². The molecule has 0 amide bonds. The van der Waals surface area contributed by atoms with E-state index in [1.54, 1.807) is 0 Å². The monoisotopic (exact) mass is 491 g/mol. The van der Waals surface area contributed by atoms with Gasteiger partial charge in [0.15, 0.2) is 17.3 Å². The number of hydrogen-bond acceptors (Lipinski definition) is 4. The number of benzene rings is 3. The Bertz CT molecular complexity index is 1210. The molecule has 0 aromatic heterocycles. The number of rotatable bonds is 6. The van der Waals surface area contributed by atoms with Crippen LogP contribution in [0.1, 0.15) is 33.4 Å². The quantitative estimate of drug-likeness (QED) is 0.471. The minimum atomic E-state index is -1.20. The van der Waals surface area contributed by atoms with Crippen molar-refractivity contribution >= 4 is 17.3 Å². The van der Waals surface area contributed by atoms with E-state index in [1.165, 1.54) is 0 Å². The van der Waals surface area contributed by atoms with Crippen molar-refractivity contribution < 1.29 is 14.4 Å². The first-order valence-corrected chi connectivity index (χ1v) is 13.2. The zero-order chi connectivity index (χ0) is 26.0. The molecule has 0 spiro atoms.